The lowest BCUT2D eigenvalue weighted by molar-refractivity contribution is 0.810. The fraction of sp³-hybridized carbons (Fsp3) is 0.467. The van der Waals surface area contributed by atoms with E-state index in [2.05, 4.69) is 53.8 Å². The summed E-state index contributed by atoms with van der Waals surface area (Å²) < 4.78 is 0. The van der Waals surface area contributed by atoms with Crippen LogP contribution in [-0.2, 0) is 0 Å². The van der Waals surface area contributed by atoms with Gasteiger partial charge in [-0.1, -0.05) is 37.6 Å². The summed E-state index contributed by atoms with van der Waals surface area (Å²) in [6.45, 7) is 3.95. The minimum Gasteiger partial charge on any atom is -0.293 e. The van der Waals surface area contributed by atoms with E-state index in [9.17, 15) is 0 Å². The molecule has 0 aliphatic carbocycles. The second-order valence-electron chi connectivity index (χ2n) is 4.17. The van der Waals surface area contributed by atoms with Crippen molar-refractivity contribution in [1.82, 2.24) is 0 Å². The Labute approximate surface area is 116 Å². The van der Waals surface area contributed by atoms with E-state index in [0.717, 1.165) is 42.8 Å². The molecule has 1 rings (SSSR count). The first-order valence-corrected chi connectivity index (χ1v) is 7.20. The van der Waals surface area contributed by atoms with Crippen LogP contribution in [0, 0.1) is 0 Å². The smallest absolute Gasteiger partial charge is 0.0397 e. The summed E-state index contributed by atoms with van der Waals surface area (Å²) in [6.07, 6.45) is 7.24. The van der Waals surface area contributed by atoms with E-state index in [4.69, 9.17) is 0 Å². The predicted molar refractivity (Wildman–Crippen MR) is 84.7 cm³/mol. The molecular weight excluding hydrogens is 240 g/mol. The van der Waals surface area contributed by atoms with Gasteiger partial charge >= 0.3 is 0 Å². The van der Waals surface area contributed by atoms with Crippen molar-refractivity contribution in [2.24, 2.45) is 9.98 Å². The maximum Gasteiger partial charge on any atom is 0.0397 e. The minimum absolute atomic E-state index is 0.851. The number of thiol groups is 1. The molecule has 0 atom stereocenters. The molecule has 0 saturated heterocycles. The van der Waals surface area contributed by atoms with E-state index in [-0.39, 0.29) is 0 Å². The van der Waals surface area contributed by atoms with E-state index in [1.165, 1.54) is 6.42 Å². The van der Waals surface area contributed by atoms with Crippen LogP contribution in [0.1, 0.15) is 37.3 Å². The van der Waals surface area contributed by atoms with Crippen LogP contribution in [0.5, 0.6) is 0 Å². The lowest BCUT2D eigenvalue weighted by Gasteiger charge is -1.96. The number of hydrogen-bond acceptors (Lipinski definition) is 3. The first-order chi connectivity index (χ1) is 8.86. The molecule has 0 saturated carbocycles. The van der Waals surface area contributed by atoms with Crippen LogP contribution in [0.25, 0.3) is 0 Å². The predicted octanol–water partition coefficient (Wildman–Crippen LogP) is 3.64. The lowest BCUT2D eigenvalue weighted by atomic mass is 10.1. The normalized spacial score (nSPS) is 11.7. The number of unbranched alkanes of at least 4 members (excludes halogenated alkanes) is 1. The van der Waals surface area contributed by atoms with Gasteiger partial charge in [0, 0.05) is 25.5 Å². The maximum absolute atomic E-state index is 4.38. The zero-order valence-corrected chi connectivity index (χ0v) is 11.9. The van der Waals surface area contributed by atoms with Crippen molar-refractivity contribution < 1.29 is 0 Å². The molecule has 0 amide bonds. The summed E-state index contributed by atoms with van der Waals surface area (Å²) in [5.74, 6) is 0.893. The highest BCUT2D eigenvalue weighted by Gasteiger charge is 1.89. The van der Waals surface area contributed by atoms with Crippen molar-refractivity contribution >= 4 is 25.1 Å². The third kappa shape index (κ3) is 6.60. The van der Waals surface area contributed by atoms with Crippen LogP contribution < -0.4 is 0 Å². The van der Waals surface area contributed by atoms with Crippen molar-refractivity contribution in [1.29, 1.82) is 0 Å². The largest absolute Gasteiger partial charge is 0.293 e. The van der Waals surface area contributed by atoms with Crippen molar-refractivity contribution in [2.45, 2.75) is 26.2 Å². The molecule has 0 radical (unpaired) electrons. The first kappa shape index (κ1) is 15.0. The van der Waals surface area contributed by atoms with Crippen molar-refractivity contribution in [2.75, 3.05) is 18.8 Å². The Hall–Kier alpha value is -1.09. The molecule has 0 aliphatic rings. The molecule has 2 nitrogen and oxygen atoms in total. The minimum atomic E-state index is 0.851. The summed E-state index contributed by atoms with van der Waals surface area (Å²) in [4.78, 5) is 8.72. The summed E-state index contributed by atoms with van der Waals surface area (Å²) in [5, 5.41) is 0. The van der Waals surface area contributed by atoms with Crippen LogP contribution in [0.3, 0.4) is 0 Å². The van der Waals surface area contributed by atoms with Gasteiger partial charge in [0.05, 0.1) is 0 Å². The Morgan fingerprint density at radius 2 is 1.44 bits per heavy atom. The van der Waals surface area contributed by atoms with E-state index >= 15 is 0 Å². The van der Waals surface area contributed by atoms with Crippen LogP contribution in [0.4, 0.5) is 0 Å². The molecule has 98 valence electrons. The maximum atomic E-state index is 4.38. The van der Waals surface area contributed by atoms with Gasteiger partial charge in [-0.3, -0.25) is 9.98 Å². The second-order valence-corrected chi connectivity index (χ2v) is 4.62. The molecule has 0 heterocycles. The Balaban J connectivity index is 2.42. The molecule has 0 aromatic heterocycles. The average molecular weight is 262 g/mol. The molecule has 1 aromatic carbocycles. The van der Waals surface area contributed by atoms with Crippen LogP contribution >= 0.6 is 12.6 Å². The number of nitrogens with zero attached hydrogens (tertiary/aromatic N) is 2. The average Bonchev–Trinajstić information content (AvgIpc) is 2.41. The van der Waals surface area contributed by atoms with E-state index < -0.39 is 0 Å². The topological polar surface area (TPSA) is 24.7 Å². The van der Waals surface area contributed by atoms with Gasteiger partial charge in [-0.15, -0.1) is 0 Å². The van der Waals surface area contributed by atoms with Gasteiger partial charge in [-0.05, 0) is 29.7 Å². The van der Waals surface area contributed by atoms with Gasteiger partial charge in [0.15, 0.2) is 0 Å². The fourth-order valence-electron chi connectivity index (χ4n) is 1.42. The molecule has 0 fully saturated rings. The summed E-state index contributed by atoms with van der Waals surface area (Å²) >= 11 is 4.15. The van der Waals surface area contributed by atoms with Gasteiger partial charge in [-0.2, -0.15) is 12.6 Å². The molecular formula is C15H22N2S. The Morgan fingerprint density at radius 1 is 0.944 bits per heavy atom. The Bertz CT molecular complexity index is 332. The molecule has 1 aromatic rings. The van der Waals surface area contributed by atoms with Crippen LogP contribution in [0.2, 0.25) is 0 Å². The van der Waals surface area contributed by atoms with E-state index in [1.54, 1.807) is 0 Å². The van der Waals surface area contributed by atoms with Gasteiger partial charge in [0.25, 0.3) is 0 Å². The highest BCUT2D eigenvalue weighted by atomic mass is 32.1. The third-order valence-corrected chi connectivity index (χ3v) is 2.82. The SMILES string of the molecule is CCCCN=Cc1ccc(C=NCCCS)cc1. The molecule has 3 heteroatoms. The van der Waals surface area contributed by atoms with Crippen LogP contribution in [-0.4, -0.2) is 31.3 Å². The number of hydrogen-bond donors (Lipinski definition) is 1. The van der Waals surface area contributed by atoms with Crippen LogP contribution in [0.15, 0.2) is 34.3 Å². The van der Waals surface area contributed by atoms with Crippen molar-refractivity contribution in [3.63, 3.8) is 0 Å². The standard InChI is InChI=1S/C15H22N2S/c1-2-3-9-16-12-14-5-7-15(8-6-14)13-17-10-4-11-18/h5-8,12-13,18H,2-4,9-11H2,1H3. The zero-order chi connectivity index (χ0) is 13.1. The lowest BCUT2D eigenvalue weighted by Crippen LogP contribution is -1.88. The van der Waals surface area contributed by atoms with Crippen molar-refractivity contribution in [3.05, 3.63) is 35.4 Å². The molecule has 0 spiro atoms. The quantitative estimate of drug-likeness (QED) is 0.420. The third-order valence-electron chi connectivity index (χ3n) is 2.50. The molecule has 0 aliphatic heterocycles. The summed E-state index contributed by atoms with van der Waals surface area (Å²) in [7, 11) is 0. The molecule has 0 unspecified atom stereocenters. The summed E-state index contributed by atoms with van der Waals surface area (Å²) in [5.41, 5.74) is 2.29. The van der Waals surface area contributed by atoms with Gasteiger partial charge in [0.1, 0.15) is 0 Å². The number of benzene rings is 1. The number of aliphatic imine (C=N–C) groups is 2. The molecule has 0 bridgehead atoms. The van der Waals surface area contributed by atoms with E-state index in [1.807, 2.05) is 12.4 Å². The number of rotatable bonds is 8. The van der Waals surface area contributed by atoms with Gasteiger partial charge in [0.2, 0.25) is 0 Å². The monoisotopic (exact) mass is 262 g/mol. The zero-order valence-electron chi connectivity index (χ0n) is 11.0. The highest BCUT2D eigenvalue weighted by molar-refractivity contribution is 7.80. The van der Waals surface area contributed by atoms with E-state index in [0.29, 0.717) is 0 Å². The second kappa shape index (κ2) is 9.89. The molecule has 0 N–H and O–H groups in total. The van der Waals surface area contributed by atoms with Gasteiger partial charge in [-0.25, -0.2) is 0 Å². The van der Waals surface area contributed by atoms with Gasteiger partial charge < -0.3 is 0 Å². The molecule has 18 heavy (non-hydrogen) atoms. The fourth-order valence-corrected chi connectivity index (χ4v) is 1.56. The van der Waals surface area contributed by atoms with Crippen molar-refractivity contribution in [3.8, 4) is 0 Å². The highest BCUT2D eigenvalue weighted by Crippen LogP contribution is 2.01. The first-order valence-electron chi connectivity index (χ1n) is 6.57. The summed E-state index contributed by atoms with van der Waals surface area (Å²) in [6, 6.07) is 8.31. The Morgan fingerprint density at radius 3 is 1.89 bits per heavy atom. The Kier molecular flexibility index (Phi) is 8.23.